The summed E-state index contributed by atoms with van der Waals surface area (Å²) in [5.41, 5.74) is 11.1. The highest BCUT2D eigenvalue weighted by atomic mass is 28.4. The quantitative estimate of drug-likeness (QED) is 0.577. The van der Waals surface area contributed by atoms with Gasteiger partial charge in [0.15, 0.2) is 8.07 Å². The Morgan fingerprint density at radius 1 is 0.722 bits per heavy atom. The van der Waals surface area contributed by atoms with E-state index in [0.717, 1.165) is 0 Å². The van der Waals surface area contributed by atoms with Gasteiger partial charge in [0.05, 0.1) is 8.07 Å². The maximum atomic E-state index is 5.30. The summed E-state index contributed by atoms with van der Waals surface area (Å²) in [6.45, 7) is 11.4. The summed E-state index contributed by atoms with van der Waals surface area (Å²) in [7, 11) is -0.847. The lowest BCUT2D eigenvalue weighted by Crippen LogP contribution is -2.42. The molecule has 0 rings (SSSR count). The van der Waals surface area contributed by atoms with Crippen molar-refractivity contribution in [3.05, 3.63) is 11.4 Å². The topological polar surface area (TPSA) is 27.7 Å². The predicted molar refractivity (Wildman–Crippen MR) is 84.5 cm³/mol. The zero-order valence-corrected chi connectivity index (χ0v) is 15.9. The summed E-state index contributed by atoms with van der Waals surface area (Å²) < 4.78 is 15.9. The van der Waals surface area contributed by atoms with Crippen molar-refractivity contribution < 1.29 is 13.3 Å². The first-order valence-corrected chi connectivity index (χ1v) is 14.4. The van der Waals surface area contributed by atoms with Gasteiger partial charge in [-0.2, -0.15) is 0 Å². The molecule has 0 saturated heterocycles. The molecule has 0 aromatic rings. The van der Waals surface area contributed by atoms with Gasteiger partial charge < -0.3 is 13.3 Å². The van der Waals surface area contributed by atoms with E-state index in [0.29, 0.717) is 0 Å². The molecule has 0 spiro atoms. The van der Waals surface area contributed by atoms with Crippen molar-refractivity contribution in [2.24, 2.45) is 0 Å². The Morgan fingerprint density at radius 3 is 1.50 bits per heavy atom. The van der Waals surface area contributed by atoms with Crippen molar-refractivity contribution in [3.8, 4) is 11.1 Å². The summed E-state index contributed by atoms with van der Waals surface area (Å²) in [6.07, 6.45) is 0. The van der Waals surface area contributed by atoms with Crippen LogP contribution < -0.4 is 0 Å². The third-order valence-electron chi connectivity index (χ3n) is 2.34. The third kappa shape index (κ3) is 6.68. The minimum Gasteiger partial charge on any atom is -0.367 e. The molecule has 0 aliphatic rings. The van der Waals surface area contributed by atoms with Crippen LogP contribution in [0.2, 0.25) is 32.7 Å². The lowest BCUT2D eigenvalue weighted by molar-refractivity contribution is 0.141. The summed E-state index contributed by atoms with van der Waals surface area (Å²) in [5, 5.41) is 0. The Balaban J connectivity index is 5.03. The van der Waals surface area contributed by atoms with E-state index in [9.17, 15) is 0 Å². The highest BCUT2D eigenvalue weighted by molar-refractivity contribution is 6.92. The fraction of sp³-hybridized carbons (Fsp3) is 0.667. The van der Waals surface area contributed by atoms with Crippen LogP contribution in [0, 0.1) is 11.1 Å². The fourth-order valence-electron chi connectivity index (χ4n) is 1.14. The second-order valence-electron chi connectivity index (χ2n) is 5.84. The molecule has 104 valence electrons. The van der Waals surface area contributed by atoms with Gasteiger partial charge in [-0.3, -0.25) is 0 Å². The Bertz CT molecular complexity index is 336. The van der Waals surface area contributed by atoms with Crippen molar-refractivity contribution >= 4 is 25.0 Å². The highest BCUT2D eigenvalue weighted by Crippen LogP contribution is 2.10. The maximum Gasteiger partial charge on any atom is 0.590 e. The van der Waals surface area contributed by atoms with E-state index in [1.807, 2.05) is 0 Å². The van der Waals surface area contributed by atoms with Crippen molar-refractivity contribution in [2.75, 3.05) is 21.3 Å². The molecule has 0 N–H and O–H groups in total. The van der Waals surface area contributed by atoms with Crippen LogP contribution >= 0.6 is 0 Å². The van der Waals surface area contributed by atoms with E-state index in [1.54, 1.807) is 21.3 Å². The minimum atomic E-state index is -2.75. The molecular formula is C12H26O3Si3. The van der Waals surface area contributed by atoms with Crippen molar-refractivity contribution in [2.45, 2.75) is 32.7 Å². The van der Waals surface area contributed by atoms with Crippen molar-refractivity contribution in [1.29, 1.82) is 0 Å². The molecule has 0 unspecified atom stereocenters. The van der Waals surface area contributed by atoms with Gasteiger partial charge in [-0.1, -0.05) is 38.4 Å². The zero-order chi connectivity index (χ0) is 14.4. The Kier molecular flexibility index (Phi) is 6.78. The second kappa shape index (κ2) is 6.84. The molecule has 18 heavy (non-hydrogen) atoms. The predicted octanol–water partition coefficient (Wildman–Crippen LogP) is 2.63. The lowest BCUT2D eigenvalue weighted by Gasteiger charge is -2.19. The van der Waals surface area contributed by atoms with Gasteiger partial charge in [-0.25, -0.2) is 0 Å². The molecule has 0 aliphatic carbocycles. The average Bonchev–Trinajstić information content (AvgIpc) is 2.29. The van der Waals surface area contributed by atoms with Gasteiger partial charge >= 0.3 is 8.80 Å². The molecule has 0 bridgehead atoms. The van der Waals surface area contributed by atoms with Gasteiger partial charge in [-0.05, 0) is 5.54 Å². The normalized spacial score (nSPS) is 13.6. The van der Waals surface area contributed by atoms with E-state index in [4.69, 9.17) is 13.3 Å². The van der Waals surface area contributed by atoms with Gasteiger partial charge in [0.25, 0.3) is 0 Å². The van der Waals surface area contributed by atoms with Crippen LogP contribution in [0.3, 0.4) is 0 Å². The van der Waals surface area contributed by atoms with Crippen LogP contribution in [0.5, 0.6) is 0 Å². The molecule has 0 radical (unpaired) electrons. The van der Waals surface area contributed by atoms with Crippen LogP contribution in [-0.2, 0) is 13.3 Å². The highest BCUT2D eigenvalue weighted by Gasteiger charge is 2.36. The molecule has 3 nitrogen and oxygen atoms in total. The molecule has 0 atom stereocenters. The summed E-state index contributed by atoms with van der Waals surface area (Å²) in [6, 6.07) is 0. The third-order valence-corrected chi connectivity index (χ3v) is 7.91. The summed E-state index contributed by atoms with van der Waals surface area (Å²) in [5.74, 6) is 0. The molecular weight excluding hydrogens is 276 g/mol. The molecule has 0 amide bonds. The van der Waals surface area contributed by atoms with Gasteiger partial charge in [0.2, 0.25) is 0 Å². The molecule has 0 aromatic carbocycles. The Hall–Kier alpha value is -0.169. The summed E-state index contributed by atoms with van der Waals surface area (Å²) in [4.78, 5) is 0. The van der Waals surface area contributed by atoms with E-state index < -0.39 is 25.0 Å². The molecule has 0 aliphatic heterocycles. The average molecular weight is 303 g/mol. The van der Waals surface area contributed by atoms with Gasteiger partial charge in [0.1, 0.15) is 0 Å². The largest absolute Gasteiger partial charge is 0.590 e. The Morgan fingerprint density at radius 2 is 1.17 bits per heavy atom. The number of rotatable bonds is 5. The lowest BCUT2D eigenvalue weighted by atomic mass is 11.2. The molecule has 0 aromatic heterocycles. The Labute approximate surface area is 115 Å². The molecule has 0 fully saturated rings. The fourth-order valence-corrected chi connectivity index (χ4v) is 7.60. The van der Waals surface area contributed by atoms with Gasteiger partial charge in [0, 0.05) is 21.3 Å². The number of hydrogen-bond acceptors (Lipinski definition) is 3. The first-order chi connectivity index (χ1) is 8.10. The SMILES string of the molecule is CO[Si](C#C[Si](C)(C)/C=C/[Si](C)(C)C)(OC)OC. The van der Waals surface area contributed by atoms with Crippen LogP contribution in [0.15, 0.2) is 11.4 Å². The number of hydrogen-bond donors (Lipinski definition) is 0. The first-order valence-electron chi connectivity index (χ1n) is 6.00. The smallest absolute Gasteiger partial charge is 0.367 e. The van der Waals surface area contributed by atoms with Crippen LogP contribution in [0.4, 0.5) is 0 Å². The maximum absolute atomic E-state index is 5.30. The minimum absolute atomic E-state index is 1.16. The van der Waals surface area contributed by atoms with Crippen LogP contribution in [-0.4, -0.2) is 46.3 Å². The van der Waals surface area contributed by atoms with Crippen molar-refractivity contribution in [1.82, 2.24) is 0 Å². The second-order valence-corrected chi connectivity index (χ2v) is 17.5. The molecule has 0 heterocycles. The monoisotopic (exact) mass is 302 g/mol. The first kappa shape index (κ1) is 17.8. The van der Waals surface area contributed by atoms with E-state index in [-0.39, 0.29) is 0 Å². The standard InChI is InChI=1S/C12H26O3Si3/c1-13-18(14-2,15-3)12-11-17(7,8)10-9-16(4,5)6/h9-10H,1-8H3/b10-9+. The van der Waals surface area contributed by atoms with E-state index in [2.05, 4.69) is 55.2 Å². The van der Waals surface area contributed by atoms with Gasteiger partial charge in [-0.15, -0.1) is 11.2 Å². The summed E-state index contributed by atoms with van der Waals surface area (Å²) >= 11 is 0. The molecule has 0 saturated carbocycles. The molecule has 6 heteroatoms. The van der Waals surface area contributed by atoms with Crippen molar-refractivity contribution in [3.63, 3.8) is 0 Å². The van der Waals surface area contributed by atoms with E-state index >= 15 is 0 Å². The van der Waals surface area contributed by atoms with Crippen LogP contribution in [0.1, 0.15) is 0 Å². The van der Waals surface area contributed by atoms with E-state index in [1.165, 1.54) is 0 Å². The van der Waals surface area contributed by atoms with Crippen LogP contribution in [0.25, 0.3) is 0 Å². The zero-order valence-electron chi connectivity index (χ0n) is 12.9.